The van der Waals surface area contributed by atoms with Crippen molar-refractivity contribution in [2.75, 3.05) is 20.1 Å². The van der Waals surface area contributed by atoms with Crippen molar-refractivity contribution in [1.29, 1.82) is 0 Å². The molecule has 0 aliphatic rings. The molecular formula is C11H22N4O3. The van der Waals surface area contributed by atoms with Crippen LogP contribution in [0.15, 0.2) is 0 Å². The van der Waals surface area contributed by atoms with Gasteiger partial charge >= 0.3 is 6.03 Å². The molecule has 4 amide bonds. The van der Waals surface area contributed by atoms with Gasteiger partial charge in [0.2, 0.25) is 11.8 Å². The van der Waals surface area contributed by atoms with Gasteiger partial charge in [0.15, 0.2) is 0 Å². The molecule has 0 saturated carbocycles. The average molecular weight is 258 g/mol. The summed E-state index contributed by atoms with van der Waals surface area (Å²) in [7, 11) is 1.43. The summed E-state index contributed by atoms with van der Waals surface area (Å²) in [5, 5.41) is 10.0. The second-order valence-electron chi connectivity index (χ2n) is 3.84. The van der Waals surface area contributed by atoms with Crippen LogP contribution in [-0.2, 0) is 9.59 Å². The van der Waals surface area contributed by atoms with Gasteiger partial charge in [-0.3, -0.25) is 14.9 Å². The highest BCUT2D eigenvalue weighted by Gasteiger charge is 2.14. The Bertz CT molecular complexity index is 294. The molecule has 0 rings (SSSR count). The molecule has 0 fully saturated rings. The number of rotatable bonds is 7. The highest BCUT2D eigenvalue weighted by atomic mass is 16.2. The van der Waals surface area contributed by atoms with E-state index in [0.29, 0.717) is 19.5 Å². The van der Waals surface area contributed by atoms with Crippen molar-refractivity contribution < 1.29 is 14.4 Å². The predicted molar refractivity (Wildman–Crippen MR) is 68.0 cm³/mol. The van der Waals surface area contributed by atoms with E-state index >= 15 is 0 Å². The molecule has 0 saturated heterocycles. The summed E-state index contributed by atoms with van der Waals surface area (Å²) in [5.74, 6) is -0.480. The fourth-order valence-corrected chi connectivity index (χ4v) is 1.13. The summed E-state index contributed by atoms with van der Waals surface area (Å²) >= 11 is 0. The first-order chi connectivity index (χ1) is 8.51. The van der Waals surface area contributed by atoms with E-state index in [0.717, 1.165) is 6.42 Å². The number of hydrogen-bond donors (Lipinski definition) is 4. The number of carbonyl (C=O) groups excluding carboxylic acids is 3. The number of carbonyl (C=O) groups is 3. The molecule has 1 atom stereocenters. The zero-order valence-electron chi connectivity index (χ0n) is 11.1. The maximum Gasteiger partial charge on any atom is 0.321 e. The maximum absolute atomic E-state index is 11.4. The van der Waals surface area contributed by atoms with E-state index in [1.54, 1.807) is 6.92 Å². The number of urea groups is 1. The third-order valence-corrected chi connectivity index (χ3v) is 2.23. The van der Waals surface area contributed by atoms with Crippen LogP contribution in [0.4, 0.5) is 4.79 Å². The van der Waals surface area contributed by atoms with Crippen molar-refractivity contribution >= 4 is 17.8 Å². The lowest BCUT2D eigenvalue weighted by Gasteiger charge is -2.13. The SMILES string of the molecule is CCCNC(=O)CCNC(C)C(=O)NC(=O)NC. The largest absolute Gasteiger partial charge is 0.356 e. The maximum atomic E-state index is 11.4. The molecule has 0 aromatic rings. The summed E-state index contributed by atoms with van der Waals surface area (Å²) in [4.78, 5) is 33.6. The van der Waals surface area contributed by atoms with E-state index in [1.165, 1.54) is 7.05 Å². The van der Waals surface area contributed by atoms with E-state index in [9.17, 15) is 14.4 Å². The van der Waals surface area contributed by atoms with Crippen LogP contribution in [0.1, 0.15) is 26.7 Å². The standard InChI is InChI=1S/C11H22N4O3/c1-4-6-14-9(16)5-7-13-8(2)10(17)15-11(18)12-3/h8,13H,4-7H2,1-3H3,(H,14,16)(H2,12,15,17,18). The van der Waals surface area contributed by atoms with E-state index in [4.69, 9.17) is 0 Å². The number of imide groups is 1. The minimum Gasteiger partial charge on any atom is -0.356 e. The predicted octanol–water partition coefficient (Wildman–Crippen LogP) is -0.664. The average Bonchev–Trinajstić information content (AvgIpc) is 2.35. The molecule has 0 heterocycles. The lowest BCUT2D eigenvalue weighted by Crippen LogP contribution is -2.47. The zero-order chi connectivity index (χ0) is 14.0. The quantitative estimate of drug-likeness (QED) is 0.487. The minimum atomic E-state index is -0.547. The Morgan fingerprint density at radius 2 is 1.83 bits per heavy atom. The summed E-state index contributed by atoms with van der Waals surface area (Å²) in [6.45, 7) is 4.65. The molecule has 104 valence electrons. The van der Waals surface area contributed by atoms with Gasteiger partial charge in [0.1, 0.15) is 0 Å². The van der Waals surface area contributed by atoms with E-state index < -0.39 is 18.0 Å². The van der Waals surface area contributed by atoms with Crippen molar-refractivity contribution in [2.24, 2.45) is 0 Å². The third kappa shape index (κ3) is 7.61. The number of hydrogen-bond acceptors (Lipinski definition) is 4. The third-order valence-electron chi connectivity index (χ3n) is 2.23. The van der Waals surface area contributed by atoms with Crippen LogP contribution in [0.5, 0.6) is 0 Å². The van der Waals surface area contributed by atoms with Crippen LogP contribution in [0.2, 0.25) is 0 Å². The van der Waals surface area contributed by atoms with Gasteiger partial charge in [0.05, 0.1) is 6.04 Å². The first kappa shape index (κ1) is 16.4. The zero-order valence-corrected chi connectivity index (χ0v) is 11.1. The summed E-state index contributed by atoms with van der Waals surface area (Å²) in [6, 6.07) is -1.07. The summed E-state index contributed by atoms with van der Waals surface area (Å²) in [5.41, 5.74) is 0. The van der Waals surface area contributed by atoms with Gasteiger partial charge in [0, 0.05) is 26.6 Å². The number of nitrogens with one attached hydrogen (secondary N) is 4. The monoisotopic (exact) mass is 258 g/mol. The highest BCUT2D eigenvalue weighted by Crippen LogP contribution is 1.85. The van der Waals surface area contributed by atoms with Gasteiger partial charge in [0.25, 0.3) is 0 Å². The normalized spacial score (nSPS) is 11.5. The van der Waals surface area contributed by atoms with Gasteiger partial charge in [-0.2, -0.15) is 0 Å². The van der Waals surface area contributed by atoms with Gasteiger partial charge in [-0.15, -0.1) is 0 Å². The second kappa shape index (κ2) is 9.41. The van der Waals surface area contributed by atoms with Crippen molar-refractivity contribution in [1.82, 2.24) is 21.3 Å². The van der Waals surface area contributed by atoms with Crippen LogP contribution >= 0.6 is 0 Å². The molecule has 1 unspecified atom stereocenters. The lowest BCUT2D eigenvalue weighted by atomic mass is 10.3. The van der Waals surface area contributed by atoms with E-state index in [1.807, 2.05) is 6.92 Å². The first-order valence-electron chi connectivity index (χ1n) is 6.03. The molecule has 4 N–H and O–H groups in total. The molecule has 0 aromatic carbocycles. The van der Waals surface area contributed by atoms with Crippen LogP contribution in [0.3, 0.4) is 0 Å². The van der Waals surface area contributed by atoms with Crippen molar-refractivity contribution in [3.05, 3.63) is 0 Å². The molecule has 7 heteroatoms. The number of amides is 4. The van der Waals surface area contributed by atoms with Gasteiger partial charge < -0.3 is 16.0 Å². The van der Waals surface area contributed by atoms with Crippen molar-refractivity contribution in [3.8, 4) is 0 Å². The van der Waals surface area contributed by atoms with Gasteiger partial charge in [-0.1, -0.05) is 6.92 Å². The molecule has 0 aliphatic heterocycles. The van der Waals surface area contributed by atoms with Crippen LogP contribution in [0.25, 0.3) is 0 Å². The fourth-order valence-electron chi connectivity index (χ4n) is 1.13. The Balaban J connectivity index is 3.75. The summed E-state index contributed by atoms with van der Waals surface area (Å²) < 4.78 is 0. The van der Waals surface area contributed by atoms with Crippen molar-refractivity contribution in [2.45, 2.75) is 32.7 Å². The second-order valence-corrected chi connectivity index (χ2v) is 3.84. The Kier molecular flexibility index (Phi) is 8.55. The summed E-state index contributed by atoms with van der Waals surface area (Å²) in [6.07, 6.45) is 1.20. The van der Waals surface area contributed by atoms with E-state index in [-0.39, 0.29) is 5.91 Å². The fraction of sp³-hybridized carbons (Fsp3) is 0.727. The smallest absolute Gasteiger partial charge is 0.321 e. The molecular weight excluding hydrogens is 236 g/mol. The van der Waals surface area contributed by atoms with Gasteiger partial charge in [-0.25, -0.2) is 4.79 Å². The van der Waals surface area contributed by atoms with E-state index in [2.05, 4.69) is 21.3 Å². The molecule has 0 spiro atoms. The van der Waals surface area contributed by atoms with Crippen LogP contribution in [0, 0.1) is 0 Å². The Labute approximate surface area is 107 Å². The molecule has 0 radical (unpaired) electrons. The van der Waals surface area contributed by atoms with Crippen molar-refractivity contribution in [3.63, 3.8) is 0 Å². The Morgan fingerprint density at radius 3 is 2.39 bits per heavy atom. The topological polar surface area (TPSA) is 99.3 Å². The first-order valence-corrected chi connectivity index (χ1v) is 6.03. The molecule has 0 aromatic heterocycles. The molecule has 18 heavy (non-hydrogen) atoms. The molecule has 7 nitrogen and oxygen atoms in total. The minimum absolute atomic E-state index is 0.0525. The Morgan fingerprint density at radius 1 is 1.17 bits per heavy atom. The van der Waals surface area contributed by atoms with Crippen LogP contribution < -0.4 is 21.3 Å². The molecule has 0 bridgehead atoms. The molecule has 0 aliphatic carbocycles. The lowest BCUT2D eigenvalue weighted by molar-refractivity contribution is -0.123. The van der Waals surface area contributed by atoms with Crippen LogP contribution in [-0.4, -0.2) is 44.0 Å². The highest BCUT2D eigenvalue weighted by molar-refractivity contribution is 5.96. The Hall–Kier alpha value is -1.63. The van der Waals surface area contributed by atoms with Gasteiger partial charge in [-0.05, 0) is 13.3 Å².